The Hall–Kier alpha value is -0.890. The SMILES string of the molecule is CC(=O)/C=C/c1cscc1C. The molecular formula is C9H10OS. The average Bonchev–Trinajstić information content (AvgIpc) is 2.31. The lowest BCUT2D eigenvalue weighted by Gasteiger charge is -1.86. The number of carbonyl (C=O) groups is 1. The van der Waals surface area contributed by atoms with Gasteiger partial charge in [0.05, 0.1) is 0 Å². The first-order valence-corrected chi connectivity index (χ1v) is 4.36. The minimum atomic E-state index is 0.0931. The van der Waals surface area contributed by atoms with Crippen LogP contribution in [0.2, 0.25) is 0 Å². The fourth-order valence-electron chi connectivity index (χ4n) is 0.748. The molecule has 58 valence electrons. The summed E-state index contributed by atoms with van der Waals surface area (Å²) in [5.74, 6) is 0.0931. The van der Waals surface area contributed by atoms with Crippen LogP contribution in [0.4, 0.5) is 0 Å². The second-order valence-electron chi connectivity index (χ2n) is 2.45. The van der Waals surface area contributed by atoms with E-state index >= 15 is 0 Å². The number of rotatable bonds is 2. The summed E-state index contributed by atoms with van der Waals surface area (Å²) >= 11 is 1.66. The van der Waals surface area contributed by atoms with Gasteiger partial charge in [-0.25, -0.2) is 0 Å². The molecule has 1 rings (SSSR count). The van der Waals surface area contributed by atoms with Gasteiger partial charge in [0, 0.05) is 0 Å². The smallest absolute Gasteiger partial charge is 0.152 e. The molecule has 0 saturated carbocycles. The zero-order valence-electron chi connectivity index (χ0n) is 6.63. The van der Waals surface area contributed by atoms with Crippen LogP contribution in [0.5, 0.6) is 0 Å². The van der Waals surface area contributed by atoms with E-state index in [1.807, 2.05) is 18.4 Å². The molecule has 0 bridgehead atoms. The van der Waals surface area contributed by atoms with Crippen molar-refractivity contribution >= 4 is 23.2 Å². The van der Waals surface area contributed by atoms with Crippen molar-refractivity contribution in [3.8, 4) is 0 Å². The number of hydrogen-bond donors (Lipinski definition) is 0. The lowest BCUT2D eigenvalue weighted by Crippen LogP contribution is -1.79. The van der Waals surface area contributed by atoms with Gasteiger partial charge in [-0.15, -0.1) is 0 Å². The largest absolute Gasteiger partial charge is 0.295 e. The van der Waals surface area contributed by atoms with Crippen LogP contribution < -0.4 is 0 Å². The summed E-state index contributed by atoms with van der Waals surface area (Å²) in [5, 5.41) is 4.11. The Morgan fingerprint density at radius 3 is 2.73 bits per heavy atom. The maximum atomic E-state index is 10.6. The van der Waals surface area contributed by atoms with Crippen molar-refractivity contribution in [2.75, 3.05) is 0 Å². The molecule has 0 unspecified atom stereocenters. The highest BCUT2D eigenvalue weighted by Gasteiger charge is 1.93. The van der Waals surface area contributed by atoms with E-state index in [1.165, 1.54) is 5.56 Å². The summed E-state index contributed by atoms with van der Waals surface area (Å²) in [4.78, 5) is 10.6. The molecule has 0 amide bonds. The van der Waals surface area contributed by atoms with Crippen molar-refractivity contribution in [3.63, 3.8) is 0 Å². The molecule has 1 nitrogen and oxygen atoms in total. The number of carbonyl (C=O) groups excluding carboxylic acids is 1. The average molecular weight is 166 g/mol. The fraction of sp³-hybridized carbons (Fsp3) is 0.222. The third-order valence-electron chi connectivity index (χ3n) is 1.39. The first-order valence-electron chi connectivity index (χ1n) is 3.41. The lowest BCUT2D eigenvalue weighted by atomic mass is 10.2. The number of ketones is 1. The van der Waals surface area contributed by atoms with Crippen molar-refractivity contribution in [1.82, 2.24) is 0 Å². The van der Waals surface area contributed by atoms with Crippen LogP contribution in [0, 0.1) is 6.92 Å². The van der Waals surface area contributed by atoms with Crippen molar-refractivity contribution in [2.45, 2.75) is 13.8 Å². The zero-order chi connectivity index (χ0) is 8.27. The minimum absolute atomic E-state index is 0.0931. The molecule has 1 aromatic heterocycles. The van der Waals surface area contributed by atoms with Gasteiger partial charge < -0.3 is 0 Å². The number of hydrogen-bond acceptors (Lipinski definition) is 2. The molecule has 0 aliphatic rings. The van der Waals surface area contributed by atoms with Gasteiger partial charge in [0.2, 0.25) is 0 Å². The summed E-state index contributed by atoms with van der Waals surface area (Å²) < 4.78 is 0. The van der Waals surface area contributed by atoms with Crippen LogP contribution in [-0.2, 0) is 4.79 Å². The lowest BCUT2D eigenvalue weighted by molar-refractivity contribution is -0.112. The van der Waals surface area contributed by atoms with Crippen molar-refractivity contribution in [2.24, 2.45) is 0 Å². The Kier molecular flexibility index (Phi) is 2.60. The first kappa shape index (κ1) is 8.21. The number of aryl methyl sites for hydroxylation is 1. The summed E-state index contributed by atoms with van der Waals surface area (Å²) in [6, 6.07) is 0. The quantitative estimate of drug-likeness (QED) is 0.617. The predicted octanol–water partition coefficient (Wildman–Crippen LogP) is 2.66. The molecular weight excluding hydrogens is 156 g/mol. The number of thiophene rings is 1. The van der Waals surface area contributed by atoms with Gasteiger partial charge in [-0.1, -0.05) is 6.08 Å². The van der Waals surface area contributed by atoms with E-state index in [2.05, 4.69) is 5.38 Å². The van der Waals surface area contributed by atoms with Crippen LogP contribution >= 0.6 is 11.3 Å². The van der Waals surface area contributed by atoms with Crippen molar-refractivity contribution < 1.29 is 4.79 Å². The minimum Gasteiger partial charge on any atom is -0.295 e. The molecule has 1 aromatic rings. The highest BCUT2D eigenvalue weighted by atomic mass is 32.1. The molecule has 11 heavy (non-hydrogen) atoms. The molecule has 0 spiro atoms. The predicted molar refractivity (Wildman–Crippen MR) is 48.8 cm³/mol. The third-order valence-corrected chi connectivity index (χ3v) is 2.27. The highest BCUT2D eigenvalue weighted by Crippen LogP contribution is 2.14. The first-order chi connectivity index (χ1) is 5.20. The van der Waals surface area contributed by atoms with Gasteiger partial charge in [0.1, 0.15) is 0 Å². The standard InChI is InChI=1S/C9H10OS/c1-7-5-11-6-9(7)4-3-8(2)10/h3-6H,1-2H3/b4-3+. The van der Waals surface area contributed by atoms with E-state index in [0.717, 1.165) is 5.56 Å². The maximum absolute atomic E-state index is 10.6. The second kappa shape index (κ2) is 3.49. The Labute approximate surface area is 70.4 Å². The topological polar surface area (TPSA) is 17.1 Å². The second-order valence-corrected chi connectivity index (χ2v) is 3.20. The highest BCUT2D eigenvalue weighted by molar-refractivity contribution is 7.08. The Morgan fingerprint density at radius 1 is 1.55 bits per heavy atom. The van der Waals surface area contributed by atoms with Crippen LogP contribution in [0.25, 0.3) is 6.08 Å². The van der Waals surface area contributed by atoms with Gasteiger partial charge in [0.25, 0.3) is 0 Å². The van der Waals surface area contributed by atoms with Gasteiger partial charge in [0.15, 0.2) is 5.78 Å². The van der Waals surface area contributed by atoms with E-state index in [0.29, 0.717) is 0 Å². The van der Waals surface area contributed by atoms with E-state index in [4.69, 9.17) is 0 Å². The molecule has 0 saturated heterocycles. The van der Waals surface area contributed by atoms with Crippen LogP contribution in [0.1, 0.15) is 18.1 Å². The van der Waals surface area contributed by atoms with E-state index < -0.39 is 0 Å². The zero-order valence-corrected chi connectivity index (χ0v) is 7.44. The molecule has 0 aromatic carbocycles. The van der Waals surface area contributed by atoms with Crippen LogP contribution in [-0.4, -0.2) is 5.78 Å². The van der Waals surface area contributed by atoms with Gasteiger partial charge >= 0.3 is 0 Å². The van der Waals surface area contributed by atoms with E-state index in [-0.39, 0.29) is 5.78 Å². The maximum Gasteiger partial charge on any atom is 0.152 e. The molecule has 0 aliphatic heterocycles. The van der Waals surface area contributed by atoms with Crippen molar-refractivity contribution in [1.29, 1.82) is 0 Å². The third kappa shape index (κ3) is 2.31. The van der Waals surface area contributed by atoms with Gasteiger partial charge in [-0.2, -0.15) is 11.3 Å². The van der Waals surface area contributed by atoms with Gasteiger partial charge in [-0.05, 0) is 41.8 Å². The summed E-state index contributed by atoms with van der Waals surface area (Å²) in [5.41, 5.74) is 2.37. The fourth-order valence-corrected chi connectivity index (χ4v) is 1.57. The van der Waals surface area contributed by atoms with Crippen molar-refractivity contribution in [3.05, 3.63) is 28.0 Å². The number of allylic oxidation sites excluding steroid dienone is 1. The van der Waals surface area contributed by atoms with Crippen LogP contribution in [0.15, 0.2) is 16.8 Å². The molecule has 0 fully saturated rings. The molecule has 2 heteroatoms. The normalized spacial score (nSPS) is 10.7. The summed E-state index contributed by atoms with van der Waals surface area (Å²) in [6.45, 7) is 3.59. The molecule has 0 radical (unpaired) electrons. The molecule has 1 heterocycles. The Bertz CT molecular complexity index is 284. The summed E-state index contributed by atoms with van der Waals surface area (Å²) in [6.07, 6.45) is 3.45. The summed E-state index contributed by atoms with van der Waals surface area (Å²) in [7, 11) is 0. The van der Waals surface area contributed by atoms with E-state index in [1.54, 1.807) is 24.3 Å². The molecule has 0 aliphatic carbocycles. The Balaban J connectivity index is 2.79. The monoisotopic (exact) mass is 166 g/mol. The Morgan fingerprint density at radius 2 is 2.27 bits per heavy atom. The van der Waals surface area contributed by atoms with Crippen LogP contribution in [0.3, 0.4) is 0 Å². The van der Waals surface area contributed by atoms with Gasteiger partial charge in [-0.3, -0.25) is 4.79 Å². The molecule has 0 atom stereocenters. The molecule has 0 N–H and O–H groups in total. The van der Waals surface area contributed by atoms with E-state index in [9.17, 15) is 4.79 Å².